The Hall–Kier alpha value is -2.95. The van der Waals surface area contributed by atoms with E-state index in [4.69, 9.17) is 4.74 Å². The van der Waals surface area contributed by atoms with Gasteiger partial charge in [-0.15, -0.1) is 0 Å². The lowest BCUT2D eigenvalue weighted by Gasteiger charge is -2.40. The Labute approximate surface area is 213 Å². The van der Waals surface area contributed by atoms with Gasteiger partial charge in [0.1, 0.15) is 0 Å². The number of fused-ring (bicyclic) bond motifs is 2. The monoisotopic (exact) mass is 517 g/mol. The SMILES string of the molecule is O=C(CNC(=O)c1cccc(C(F)(F)F)c1)N[C@H]1CN(C2CCC3(CC2)OCc2ccccc23)C[C@@H]1O. The zero-order valence-corrected chi connectivity index (χ0v) is 20.3. The smallest absolute Gasteiger partial charge is 0.390 e. The van der Waals surface area contributed by atoms with Crippen molar-refractivity contribution in [2.75, 3.05) is 19.6 Å². The maximum Gasteiger partial charge on any atom is 0.416 e. The minimum atomic E-state index is -4.56. The second-order valence-electron chi connectivity index (χ2n) is 10.1. The van der Waals surface area contributed by atoms with Gasteiger partial charge in [0, 0.05) is 24.7 Å². The van der Waals surface area contributed by atoms with Gasteiger partial charge in [-0.2, -0.15) is 13.2 Å². The molecule has 5 rings (SSSR count). The van der Waals surface area contributed by atoms with Crippen LogP contribution in [0.4, 0.5) is 13.2 Å². The third kappa shape index (κ3) is 5.37. The highest BCUT2D eigenvalue weighted by molar-refractivity contribution is 5.96. The van der Waals surface area contributed by atoms with Gasteiger partial charge in [-0.3, -0.25) is 14.5 Å². The van der Waals surface area contributed by atoms with Crippen molar-refractivity contribution in [3.63, 3.8) is 0 Å². The predicted molar refractivity (Wildman–Crippen MR) is 128 cm³/mol. The number of carbonyl (C=O) groups is 2. The first-order valence-electron chi connectivity index (χ1n) is 12.5. The average Bonchev–Trinajstić information content (AvgIpc) is 3.43. The zero-order chi connectivity index (χ0) is 26.2. The van der Waals surface area contributed by atoms with Crippen LogP contribution >= 0.6 is 0 Å². The third-order valence-electron chi connectivity index (χ3n) is 7.82. The molecule has 2 aromatic carbocycles. The van der Waals surface area contributed by atoms with Gasteiger partial charge in [0.2, 0.25) is 5.91 Å². The molecule has 37 heavy (non-hydrogen) atoms. The van der Waals surface area contributed by atoms with Gasteiger partial charge in [-0.1, -0.05) is 30.3 Å². The number of nitrogens with zero attached hydrogens (tertiary/aromatic N) is 1. The van der Waals surface area contributed by atoms with Crippen LogP contribution in [0.3, 0.4) is 0 Å². The summed E-state index contributed by atoms with van der Waals surface area (Å²) in [6, 6.07) is 12.2. The number of aliphatic hydroxyl groups is 1. The zero-order valence-electron chi connectivity index (χ0n) is 20.3. The Kier molecular flexibility index (Phi) is 6.99. The van der Waals surface area contributed by atoms with Crippen LogP contribution in [-0.2, 0) is 27.9 Å². The largest absolute Gasteiger partial charge is 0.416 e. The summed E-state index contributed by atoms with van der Waals surface area (Å²) in [6.45, 7) is 1.17. The van der Waals surface area contributed by atoms with Crippen molar-refractivity contribution in [2.24, 2.45) is 0 Å². The number of hydrogen-bond acceptors (Lipinski definition) is 5. The molecule has 0 bridgehead atoms. The number of nitrogens with one attached hydrogen (secondary N) is 2. The van der Waals surface area contributed by atoms with Crippen LogP contribution in [0.5, 0.6) is 0 Å². The minimum absolute atomic E-state index is 0.182. The summed E-state index contributed by atoms with van der Waals surface area (Å²) in [5.41, 5.74) is 1.19. The van der Waals surface area contributed by atoms with Crippen LogP contribution < -0.4 is 10.6 Å². The summed E-state index contributed by atoms with van der Waals surface area (Å²) < 4.78 is 44.9. The molecule has 1 aliphatic carbocycles. The van der Waals surface area contributed by atoms with Crippen LogP contribution in [0.25, 0.3) is 0 Å². The second kappa shape index (κ2) is 10.1. The van der Waals surface area contributed by atoms with Crippen molar-refractivity contribution in [3.05, 3.63) is 70.8 Å². The van der Waals surface area contributed by atoms with E-state index in [1.807, 2.05) is 12.1 Å². The Balaban J connectivity index is 1.10. The van der Waals surface area contributed by atoms with E-state index in [-0.39, 0.29) is 17.2 Å². The maximum atomic E-state index is 12.9. The number of carbonyl (C=O) groups excluding carboxylic acids is 2. The van der Waals surface area contributed by atoms with E-state index in [0.717, 1.165) is 43.9 Å². The fourth-order valence-corrected chi connectivity index (χ4v) is 5.85. The molecule has 7 nitrogen and oxygen atoms in total. The molecule has 3 aliphatic rings. The Morgan fingerprint density at radius 2 is 1.84 bits per heavy atom. The first-order valence-corrected chi connectivity index (χ1v) is 12.5. The van der Waals surface area contributed by atoms with Crippen LogP contribution in [-0.4, -0.2) is 59.6 Å². The summed E-state index contributed by atoms with van der Waals surface area (Å²) in [5.74, 6) is -1.29. The number of rotatable bonds is 5. The van der Waals surface area contributed by atoms with E-state index in [2.05, 4.69) is 27.7 Å². The molecule has 2 amide bonds. The number of ether oxygens (including phenoxy) is 1. The quantitative estimate of drug-likeness (QED) is 0.568. The van der Waals surface area contributed by atoms with Gasteiger partial charge >= 0.3 is 6.18 Å². The molecule has 0 aromatic heterocycles. The molecule has 2 atom stereocenters. The van der Waals surface area contributed by atoms with Gasteiger partial charge in [-0.25, -0.2) is 0 Å². The molecular formula is C27H30F3N3O4. The average molecular weight is 518 g/mol. The number of aliphatic hydroxyl groups excluding tert-OH is 1. The minimum Gasteiger partial charge on any atom is -0.390 e. The number of benzene rings is 2. The summed E-state index contributed by atoms with van der Waals surface area (Å²) in [7, 11) is 0. The lowest BCUT2D eigenvalue weighted by Crippen LogP contribution is -2.47. The van der Waals surface area contributed by atoms with Gasteiger partial charge in [0.25, 0.3) is 5.91 Å². The van der Waals surface area contributed by atoms with Gasteiger partial charge in [0.15, 0.2) is 0 Å². The Morgan fingerprint density at radius 3 is 2.59 bits per heavy atom. The predicted octanol–water partition coefficient (Wildman–Crippen LogP) is 2.96. The second-order valence-corrected chi connectivity index (χ2v) is 10.1. The first-order chi connectivity index (χ1) is 17.6. The number of halogens is 3. The highest BCUT2D eigenvalue weighted by Gasteiger charge is 2.45. The van der Waals surface area contributed by atoms with Crippen LogP contribution in [0, 0.1) is 0 Å². The number of β-amino-alcohol motifs (C(OH)–C–C–N with tert-alkyl or cyclic N) is 1. The van der Waals surface area contributed by atoms with Crippen LogP contribution in [0.2, 0.25) is 0 Å². The molecule has 2 aliphatic heterocycles. The number of alkyl halides is 3. The summed E-state index contributed by atoms with van der Waals surface area (Å²) in [5, 5.41) is 15.7. The summed E-state index contributed by atoms with van der Waals surface area (Å²) in [4.78, 5) is 26.9. The molecule has 2 aromatic rings. The lowest BCUT2D eigenvalue weighted by atomic mass is 9.77. The van der Waals surface area contributed by atoms with Gasteiger partial charge in [-0.05, 0) is 55.0 Å². The lowest BCUT2D eigenvalue weighted by molar-refractivity contribution is -0.137. The van der Waals surface area contributed by atoms with Crippen LogP contribution in [0.1, 0.15) is 52.7 Å². The van der Waals surface area contributed by atoms with Crippen molar-refractivity contribution in [1.29, 1.82) is 0 Å². The first kappa shape index (κ1) is 25.7. The standard InChI is InChI=1S/C27H30F3N3O4/c28-27(29,30)19-6-3-5-17(12-19)25(36)31-13-24(35)32-22-14-33(15-23(22)34)20-8-10-26(11-9-20)21-7-2-1-4-18(21)16-37-26/h1-7,12,20,22-23,34H,8-11,13-16H2,(H,31,36)(H,32,35)/t20?,22-,23-,26?/m0/s1. The number of hydrogen-bond donors (Lipinski definition) is 3. The highest BCUT2D eigenvalue weighted by atomic mass is 19.4. The highest BCUT2D eigenvalue weighted by Crippen LogP contribution is 2.47. The number of likely N-dealkylation sites (tertiary alicyclic amines) is 1. The topological polar surface area (TPSA) is 90.9 Å². The molecule has 1 saturated carbocycles. The van der Waals surface area contributed by atoms with Crippen molar-refractivity contribution < 1.29 is 32.6 Å². The summed E-state index contributed by atoms with van der Waals surface area (Å²) >= 11 is 0. The van der Waals surface area contributed by atoms with E-state index < -0.39 is 42.2 Å². The van der Waals surface area contributed by atoms with E-state index in [1.54, 1.807) is 0 Å². The van der Waals surface area contributed by atoms with E-state index >= 15 is 0 Å². The molecule has 1 spiro atoms. The van der Waals surface area contributed by atoms with E-state index in [1.165, 1.54) is 17.2 Å². The molecule has 0 unspecified atom stereocenters. The Bertz CT molecular complexity index is 1160. The number of amides is 2. The molecule has 3 N–H and O–H groups in total. The molecule has 10 heteroatoms. The Morgan fingerprint density at radius 1 is 1.08 bits per heavy atom. The van der Waals surface area contributed by atoms with Gasteiger partial charge < -0.3 is 20.5 Å². The molecular weight excluding hydrogens is 487 g/mol. The van der Waals surface area contributed by atoms with Crippen molar-refractivity contribution in [2.45, 2.75) is 62.3 Å². The molecule has 0 radical (unpaired) electrons. The maximum absolute atomic E-state index is 12.9. The van der Waals surface area contributed by atoms with Crippen molar-refractivity contribution in [1.82, 2.24) is 15.5 Å². The van der Waals surface area contributed by atoms with Crippen LogP contribution in [0.15, 0.2) is 48.5 Å². The normalized spacial score (nSPS) is 27.7. The van der Waals surface area contributed by atoms with Gasteiger partial charge in [0.05, 0.1) is 36.5 Å². The summed E-state index contributed by atoms with van der Waals surface area (Å²) in [6.07, 6.45) is -1.66. The van der Waals surface area contributed by atoms with E-state index in [9.17, 15) is 27.9 Å². The fourth-order valence-electron chi connectivity index (χ4n) is 5.85. The molecule has 1 saturated heterocycles. The molecule has 198 valence electrons. The van der Waals surface area contributed by atoms with Crippen molar-refractivity contribution in [3.8, 4) is 0 Å². The fraction of sp³-hybridized carbons (Fsp3) is 0.481. The molecule has 2 heterocycles. The molecule has 2 fully saturated rings. The van der Waals surface area contributed by atoms with E-state index in [0.29, 0.717) is 19.7 Å². The van der Waals surface area contributed by atoms with Crippen molar-refractivity contribution >= 4 is 11.8 Å². The third-order valence-corrected chi connectivity index (χ3v) is 7.82.